The van der Waals surface area contributed by atoms with E-state index in [9.17, 15) is 0 Å². The van der Waals surface area contributed by atoms with Crippen molar-refractivity contribution in [2.45, 2.75) is 6.10 Å². The normalized spacial score (nSPS) is 8.38. The van der Waals surface area contributed by atoms with Crippen LogP contribution in [-0.2, 0) is 9.59 Å². The fourth-order valence-corrected chi connectivity index (χ4v) is 0.0577. The van der Waals surface area contributed by atoms with Gasteiger partial charge in [0.2, 0.25) is 0 Å². The summed E-state index contributed by atoms with van der Waals surface area (Å²) in [7, 11) is 0. The number of rotatable bonds is 4. The van der Waals surface area contributed by atoms with E-state index in [2.05, 4.69) is 0 Å². The first kappa shape index (κ1) is 20.2. The van der Waals surface area contributed by atoms with Crippen LogP contribution in [0.5, 0.6) is 0 Å². The van der Waals surface area contributed by atoms with Crippen LogP contribution in [0.1, 0.15) is 0 Å². The average molecular weight is 244 g/mol. The zero-order chi connectivity index (χ0) is 13.6. The lowest BCUT2D eigenvalue weighted by Crippen LogP contribution is -2.15. The number of aliphatic carboxylic acids is 2. The third kappa shape index (κ3) is 38.7. The van der Waals surface area contributed by atoms with Crippen molar-refractivity contribution in [3.8, 4) is 0 Å². The van der Waals surface area contributed by atoms with Crippen molar-refractivity contribution < 1.29 is 45.3 Å². The summed E-state index contributed by atoms with van der Waals surface area (Å²) in [6.07, 6.45) is -0.954. The van der Waals surface area contributed by atoms with Gasteiger partial charge >= 0.3 is 11.9 Å². The van der Waals surface area contributed by atoms with E-state index in [1.54, 1.807) is 0 Å². The molecule has 0 saturated heterocycles. The van der Waals surface area contributed by atoms with Crippen molar-refractivity contribution in [2.75, 3.05) is 26.4 Å². The third-order valence-corrected chi connectivity index (χ3v) is 0.692. The van der Waals surface area contributed by atoms with Gasteiger partial charge in [-0.3, -0.25) is 0 Å². The van der Waals surface area contributed by atoms with Crippen molar-refractivity contribution >= 4 is 11.9 Å². The number of hydrogen-bond donors (Lipinski definition) is 7. The maximum atomic E-state index is 9.12. The van der Waals surface area contributed by atoms with Crippen molar-refractivity contribution in [3.05, 3.63) is 0 Å². The number of aliphatic hydroxyl groups is 5. The first-order valence-corrected chi connectivity index (χ1v) is 3.90. The minimum atomic E-state index is -1.19. The Morgan fingerprint density at radius 3 is 1.00 bits per heavy atom. The molecule has 0 radical (unpaired) electrons. The Hall–Kier alpha value is -1.26. The maximum absolute atomic E-state index is 9.12. The highest BCUT2D eigenvalue weighted by Crippen LogP contribution is 1.71. The summed E-state index contributed by atoms with van der Waals surface area (Å²) < 4.78 is 0. The Kier molecular flexibility index (Phi) is 20.4. The first-order valence-electron chi connectivity index (χ1n) is 3.90. The highest BCUT2D eigenvalue weighted by molar-refractivity contribution is 5.67. The molecule has 0 fully saturated rings. The van der Waals surface area contributed by atoms with Crippen molar-refractivity contribution in [3.63, 3.8) is 0 Å². The molecule has 0 rings (SSSR count). The molecule has 0 aliphatic rings. The summed E-state index contributed by atoms with van der Waals surface area (Å²) in [4.78, 5) is 18.2. The molecule has 0 aromatic rings. The zero-order valence-electron chi connectivity index (χ0n) is 8.35. The van der Waals surface area contributed by atoms with Gasteiger partial charge in [-0.25, -0.2) is 9.59 Å². The van der Waals surface area contributed by atoms with Crippen molar-refractivity contribution in [1.29, 1.82) is 0 Å². The fraction of sp³-hybridized carbons (Fsp3) is 0.714. The first-order chi connectivity index (χ1) is 7.35. The molecule has 0 unspecified atom stereocenters. The summed E-state index contributed by atoms with van der Waals surface area (Å²) >= 11 is 0. The molecule has 16 heavy (non-hydrogen) atoms. The van der Waals surface area contributed by atoms with Gasteiger partial charge in [0.25, 0.3) is 0 Å². The Balaban J connectivity index is -0.000000160. The highest BCUT2D eigenvalue weighted by Gasteiger charge is 1.93. The summed E-state index contributed by atoms with van der Waals surface area (Å²) in [5.41, 5.74) is 0. The maximum Gasteiger partial charge on any atom is 0.329 e. The topological polar surface area (TPSA) is 176 Å². The Labute approximate surface area is 90.8 Å². The molecule has 0 saturated carbocycles. The molecule has 7 N–H and O–H groups in total. The number of carboxylic acid groups (broad SMARTS) is 2. The molecule has 9 heteroatoms. The van der Waals surface area contributed by atoms with Crippen LogP contribution in [0, 0.1) is 0 Å². The van der Waals surface area contributed by atoms with Gasteiger partial charge < -0.3 is 35.7 Å². The van der Waals surface area contributed by atoms with E-state index in [1.807, 2.05) is 0 Å². The zero-order valence-corrected chi connectivity index (χ0v) is 8.35. The van der Waals surface area contributed by atoms with Gasteiger partial charge in [-0.15, -0.1) is 0 Å². The van der Waals surface area contributed by atoms with E-state index >= 15 is 0 Å². The molecule has 0 atom stereocenters. The van der Waals surface area contributed by atoms with E-state index in [-0.39, 0.29) is 13.2 Å². The molecule has 0 aromatic carbocycles. The van der Waals surface area contributed by atoms with Crippen molar-refractivity contribution in [1.82, 2.24) is 0 Å². The van der Waals surface area contributed by atoms with Crippen LogP contribution in [0.2, 0.25) is 0 Å². The van der Waals surface area contributed by atoms with Crippen LogP contribution in [0.15, 0.2) is 0 Å². The van der Waals surface area contributed by atoms with Crippen molar-refractivity contribution in [2.24, 2.45) is 0 Å². The molecule has 0 amide bonds. The van der Waals surface area contributed by atoms with Gasteiger partial charge in [-0.05, 0) is 0 Å². The van der Waals surface area contributed by atoms with E-state index in [1.165, 1.54) is 0 Å². The molecule has 0 aliphatic heterocycles. The molecule has 98 valence electrons. The monoisotopic (exact) mass is 244 g/mol. The van der Waals surface area contributed by atoms with Crippen LogP contribution in [-0.4, -0.2) is 80.2 Å². The lowest BCUT2D eigenvalue weighted by molar-refractivity contribution is -0.141. The molecule has 9 nitrogen and oxygen atoms in total. The fourth-order valence-electron chi connectivity index (χ4n) is 0.0577. The molecular formula is C7H16O9. The predicted octanol–water partition coefficient (Wildman–Crippen LogP) is -3.54. The van der Waals surface area contributed by atoms with Gasteiger partial charge in [0, 0.05) is 0 Å². The number of carboxylic acids is 2. The summed E-state index contributed by atoms with van der Waals surface area (Å²) in [5.74, 6) is -2.38. The van der Waals surface area contributed by atoms with E-state index in [0.717, 1.165) is 0 Å². The van der Waals surface area contributed by atoms with Gasteiger partial charge in [-0.1, -0.05) is 0 Å². The standard InChI is InChI=1S/C3H8O3.2C2H4O3/c4-1-3(6)2-5;2*3-1-2(4)5/h3-6H,1-2H2;2*3H,1H2,(H,4,5). The Bertz CT molecular complexity index is 151. The second kappa shape index (κ2) is 16.2. The molecule has 0 aliphatic carbocycles. The summed E-state index contributed by atoms with van der Waals surface area (Å²) in [5, 5.41) is 54.0. The Morgan fingerprint density at radius 2 is 1.00 bits per heavy atom. The average Bonchev–Trinajstić information content (AvgIpc) is 2.29. The summed E-state index contributed by atoms with van der Waals surface area (Å²) in [6.45, 7) is -2.28. The van der Waals surface area contributed by atoms with E-state index < -0.39 is 31.3 Å². The number of aliphatic hydroxyl groups excluding tert-OH is 5. The number of hydrogen-bond acceptors (Lipinski definition) is 7. The van der Waals surface area contributed by atoms with Gasteiger partial charge in [-0.2, -0.15) is 0 Å². The van der Waals surface area contributed by atoms with Gasteiger partial charge in [0.15, 0.2) is 0 Å². The van der Waals surface area contributed by atoms with Crippen LogP contribution in [0.25, 0.3) is 0 Å². The van der Waals surface area contributed by atoms with Gasteiger partial charge in [0.1, 0.15) is 19.3 Å². The second-order valence-corrected chi connectivity index (χ2v) is 2.12. The lowest BCUT2D eigenvalue weighted by Gasteiger charge is -1.96. The highest BCUT2D eigenvalue weighted by atomic mass is 16.4. The molecular weight excluding hydrogens is 228 g/mol. The lowest BCUT2D eigenvalue weighted by atomic mass is 10.4. The van der Waals surface area contributed by atoms with E-state index in [4.69, 9.17) is 45.3 Å². The molecule has 0 bridgehead atoms. The van der Waals surface area contributed by atoms with Crippen LogP contribution in [0.4, 0.5) is 0 Å². The van der Waals surface area contributed by atoms with Crippen LogP contribution >= 0.6 is 0 Å². The smallest absolute Gasteiger partial charge is 0.329 e. The quantitative estimate of drug-likeness (QED) is 0.264. The van der Waals surface area contributed by atoms with E-state index in [0.29, 0.717) is 0 Å². The minimum Gasteiger partial charge on any atom is -0.480 e. The Morgan fingerprint density at radius 1 is 0.812 bits per heavy atom. The predicted molar refractivity (Wildman–Crippen MR) is 49.6 cm³/mol. The summed E-state index contributed by atoms with van der Waals surface area (Å²) in [6, 6.07) is 0. The van der Waals surface area contributed by atoms with Crippen LogP contribution in [0.3, 0.4) is 0 Å². The minimum absolute atomic E-state index is 0.365. The van der Waals surface area contributed by atoms with Gasteiger partial charge in [0.05, 0.1) is 13.2 Å². The second-order valence-electron chi connectivity index (χ2n) is 2.12. The number of carbonyl (C=O) groups is 2. The largest absolute Gasteiger partial charge is 0.480 e. The third-order valence-electron chi connectivity index (χ3n) is 0.692. The molecule has 0 aromatic heterocycles. The SMILES string of the molecule is O=C(O)CO.O=C(O)CO.OCC(O)CO. The van der Waals surface area contributed by atoms with Crippen LogP contribution < -0.4 is 0 Å². The molecule has 0 spiro atoms. The molecule has 0 heterocycles.